The molecule has 0 fully saturated rings. The second kappa shape index (κ2) is 7.35. The molecule has 0 bridgehead atoms. The maximum atomic E-state index is 12.2. The van der Waals surface area contributed by atoms with Gasteiger partial charge in [0.1, 0.15) is 5.01 Å². The lowest BCUT2D eigenvalue weighted by molar-refractivity contribution is 0.238. The molecule has 1 unspecified atom stereocenters. The van der Waals surface area contributed by atoms with Crippen LogP contribution in [0.3, 0.4) is 0 Å². The zero-order valence-corrected chi connectivity index (χ0v) is 14.0. The Morgan fingerprint density at radius 2 is 1.95 bits per heavy atom. The normalized spacial score (nSPS) is 13.4. The molecule has 2 rings (SSSR count). The van der Waals surface area contributed by atoms with E-state index in [4.69, 9.17) is 0 Å². The summed E-state index contributed by atoms with van der Waals surface area (Å²) in [5, 5.41) is 15.4. The van der Waals surface area contributed by atoms with Crippen molar-refractivity contribution in [2.45, 2.75) is 45.6 Å². The van der Waals surface area contributed by atoms with E-state index in [2.05, 4.69) is 34.7 Å². The van der Waals surface area contributed by atoms with Gasteiger partial charge in [-0.1, -0.05) is 55.5 Å². The van der Waals surface area contributed by atoms with Crippen molar-refractivity contribution in [2.75, 3.05) is 5.32 Å². The molecule has 0 saturated carbocycles. The number of hydrogen-bond acceptors (Lipinski definition) is 4. The quantitative estimate of drug-likeness (QED) is 0.848. The van der Waals surface area contributed by atoms with Crippen molar-refractivity contribution < 1.29 is 4.79 Å². The van der Waals surface area contributed by atoms with Gasteiger partial charge in [0.15, 0.2) is 0 Å². The summed E-state index contributed by atoms with van der Waals surface area (Å²) in [6, 6.07) is 9.71. The van der Waals surface area contributed by atoms with Crippen LogP contribution in [0.25, 0.3) is 0 Å². The standard InChI is InChI=1S/C16H22N4OS/c1-4-9-13-19-20-15(22-13)17-14(21)18-16(3,5-2)12-10-7-6-8-11-12/h6-8,10-11H,4-5,9H2,1-3H3,(H2,17,18,20,21). The monoisotopic (exact) mass is 318 g/mol. The van der Waals surface area contributed by atoms with Gasteiger partial charge in [0.25, 0.3) is 0 Å². The Kier molecular flexibility index (Phi) is 5.49. The fourth-order valence-electron chi connectivity index (χ4n) is 2.17. The van der Waals surface area contributed by atoms with Crippen LogP contribution in [-0.4, -0.2) is 16.2 Å². The minimum Gasteiger partial charge on any atom is -0.329 e. The number of urea groups is 1. The average molecular weight is 318 g/mol. The molecule has 22 heavy (non-hydrogen) atoms. The zero-order chi connectivity index (χ0) is 16.0. The summed E-state index contributed by atoms with van der Waals surface area (Å²) in [6.45, 7) is 6.16. The van der Waals surface area contributed by atoms with Gasteiger partial charge in [-0.3, -0.25) is 5.32 Å². The van der Waals surface area contributed by atoms with Crippen molar-refractivity contribution >= 4 is 22.5 Å². The summed E-state index contributed by atoms with van der Waals surface area (Å²) in [4.78, 5) is 12.2. The number of rotatable bonds is 6. The minimum absolute atomic E-state index is 0.257. The Bertz CT molecular complexity index is 614. The Balaban J connectivity index is 2.03. The Morgan fingerprint density at radius 3 is 2.59 bits per heavy atom. The maximum absolute atomic E-state index is 12.2. The van der Waals surface area contributed by atoms with E-state index in [0.717, 1.165) is 29.8 Å². The van der Waals surface area contributed by atoms with E-state index >= 15 is 0 Å². The molecular formula is C16H22N4OS. The number of carbonyl (C=O) groups is 1. The third kappa shape index (κ3) is 4.04. The molecule has 0 aliphatic heterocycles. The van der Waals surface area contributed by atoms with Gasteiger partial charge < -0.3 is 5.32 Å². The third-order valence-corrected chi connectivity index (χ3v) is 4.56. The number of carbonyl (C=O) groups excluding carboxylic acids is 1. The number of anilines is 1. The molecule has 0 saturated heterocycles. The van der Waals surface area contributed by atoms with E-state index in [0.29, 0.717) is 5.13 Å². The van der Waals surface area contributed by atoms with E-state index in [1.165, 1.54) is 11.3 Å². The fraction of sp³-hybridized carbons (Fsp3) is 0.438. The first-order chi connectivity index (χ1) is 10.6. The predicted octanol–water partition coefficient (Wildman–Crippen LogP) is 3.94. The molecular weight excluding hydrogens is 296 g/mol. The topological polar surface area (TPSA) is 66.9 Å². The number of aryl methyl sites for hydroxylation is 1. The highest BCUT2D eigenvalue weighted by Crippen LogP contribution is 2.24. The molecule has 2 N–H and O–H groups in total. The first-order valence-electron chi connectivity index (χ1n) is 7.54. The van der Waals surface area contributed by atoms with Crippen LogP contribution in [0.1, 0.15) is 44.2 Å². The molecule has 5 nitrogen and oxygen atoms in total. The van der Waals surface area contributed by atoms with Crippen LogP contribution in [0.15, 0.2) is 30.3 Å². The summed E-state index contributed by atoms with van der Waals surface area (Å²) < 4.78 is 0. The molecule has 0 spiro atoms. The fourth-order valence-corrected chi connectivity index (χ4v) is 3.01. The average Bonchev–Trinajstić information content (AvgIpc) is 2.95. The van der Waals surface area contributed by atoms with E-state index < -0.39 is 5.54 Å². The van der Waals surface area contributed by atoms with Crippen LogP contribution in [0, 0.1) is 0 Å². The van der Waals surface area contributed by atoms with Gasteiger partial charge in [0.05, 0.1) is 5.54 Å². The van der Waals surface area contributed by atoms with Crippen molar-refractivity contribution in [3.63, 3.8) is 0 Å². The van der Waals surface area contributed by atoms with Gasteiger partial charge in [-0.05, 0) is 25.3 Å². The van der Waals surface area contributed by atoms with Crippen LogP contribution in [0.4, 0.5) is 9.93 Å². The van der Waals surface area contributed by atoms with E-state index in [-0.39, 0.29) is 6.03 Å². The van der Waals surface area contributed by atoms with Gasteiger partial charge in [-0.2, -0.15) is 0 Å². The molecule has 0 aliphatic carbocycles. The molecule has 2 amide bonds. The lowest BCUT2D eigenvalue weighted by atomic mass is 9.89. The second-order valence-corrected chi connectivity index (χ2v) is 6.44. The van der Waals surface area contributed by atoms with Crippen molar-refractivity contribution in [3.8, 4) is 0 Å². The van der Waals surface area contributed by atoms with Crippen molar-refractivity contribution in [1.82, 2.24) is 15.5 Å². The highest BCUT2D eigenvalue weighted by molar-refractivity contribution is 7.15. The number of hydrogen-bond donors (Lipinski definition) is 2. The zero-order valence-electron chi connectivity index (χ0n) is 13.2. The Hall–Kier alpha value is -1.95. The number of benzene rings is 1. The van der Waals surface area contributed by atoms with Crippen molar-refractivity contribution in [2.24, 2.45) is 0 Å². The lowest BCUT2D eigenvalue weighted by Crippen LogP contribution is -2.45. The Labute approximate surface area is 135 Å². The number of aromatic nitrogens is 2. The van der Waals surface area contributed by atoms with Gasteiger partial charge in [0.2, 0.25) is 5.13 Å². The molecule has 1 aromatic heterocycles. The van der Waals surface area contributed by atoms with E-state index in [9.17, 15) is 4.79 Å². The number of amides is 2. The van der Waals surface area contributed by atoms with Gasteiger partial charge in [-0.15, -0.1) is 10.2 Å². The summed E-state index contributed by atoms with van der Waals surface area (Å²) in [6.07, 6.45) is 2.70. The van der Waals surface area contributed by atoms with Gasteiger partial charge >= 0.3 is 6.03 Å². The first-order valence-corrected chi connectivity index (χ1v) is 8.36. The molecule has 1 aromatic carbocycles. The van der Waals surface area contributed by atoms with E-state index in [1.54, 1.807) is 0 Å². The molecule has 1 atom stereocenters. The molecule has 2 aromatic rings. The molecule has 118 valence electrons. The van der Waals surface area contributed by atoms with Crippen molar-refractivity contribution in [1.29, 1.82) is 0 Å². The summed E-state index contributed by atoms with van der Waals surface area (Å²) in [5.74, 6) is 0. The summed E-state index contributed by atoms with van der Waals surface area (Å²) >= 11 is 1.42. The van der Waals surface area contributed by atoms with E-state index in [1.807, 2.05) is 37.3 Å². The predicted molar refractivity (Wildman–Crippen MR) is 90.1 cm³/mol. The highest BCUT2D eigenvalue weighted by atomic mass is 32.1. The van der Waals surface area contributed by atoms with Gasteiger partial charge in [-0.25, -0.2) is 4.79 Å². The lowest BCUT2D eigenvalue weighted by Gasteiger charge is -2.30. The summed E-state index contributed by atoms with van der Waals surface area (Å²) in [7, 11) is 0. The summed E-state index contributed by atoms with van der Waals surface area (Å²) in [5.41, 5.74) is 0.666. The molecule has 0 radical (unpaired) electrons. The number of nitrogens with one attached hydrogen (secondary N) is 2. The number of nitrogens with zero attached hydrogens (tertiary/aromatic N) is 2. The maximum Gasteiger partial charge on any atom is 0.321 e. The van der Waals surface area contributed by atoms with Crippen LogP contribution in [0.5, 0.6) is 0 Å². The smallest absolute Gasteiger partial charge is 0.321 e. The van der Waals surface area contributed by atoms with Crippen molar-refractivity contribution in [3.05, 3.63) is 40.9 Å². The third-order valence-electron chi connectivity index (χ3n) is 3.66. The SMILES string of the molecule is CCCc1nnc(NC(=O)NC(C)(CC)c2ccccc2)s1. The van der Waals surface area contributed by atoms with Crippen LogP contribution >= 0.6 is 11.3 Å². The van der Waals surface area contributed by atoms with Crippen LogP contribution in [0.2, 0.25) is 0 Å². The molecule has 6 heteroatoms. The second-order valence-electron chi connectivity index (χ2n) is 5.38. The van der Waals surface area contributed by atoms with Gasteiger partial charge in [0, 0.05) is 6.42 Å². The molecule has 0 aliphatic rings. The van der Waals surface area contributed by atoms with Crippen LogP contribution < -0.4 is 10.6 Å². The first kappa shape index (κ1) is 16.4. The highest BCUT2D eigenvalue weighted by Gasteiger charge is 2.26. The Morgan fingerprint density at radius 1 is 1.23 bits per heavy atom. The minimum atomic E-state index is -0.414. The largest absolute Gasteiger partial charge is 0.329 e. The van der Waals surface area contributed by atoms with Crippen LogP contribution in [-0.2, 0) is 12.0 Å². The molecule has 1 heterocycles.